The van der Waals surface area contributed by atoms with E-state index in [1.807, 2.05) is 37.0 Å². The number of pyridine rings is 1. The standard InChI is InChI=1S/C13H21NOS/c1-4-10(3)9-16-11-6-7-12(14-8-11)13(15)5-2/h6-8,10,13,15H,4-5,9H2,1-3H3/t10?,13-/m0/s1. The van der Waals surface area contributed by atoms with Gasteiger partial charge in [0.1, 0.15) is 0 Å². The fourth-order valence-corrected chi connectivity index (χ4v) is 2.24. The molecule has 0 aliphatic rings. The number of aromatic nitrogens is 1. The summed E-state index contributed by atoms with van der Waals surface area (Å²) in [4.78, 5) is 5.47. The summed E-state index contributed by atoms with van der Waals surface area (Å²) in [6.07, 6.45) is 3.37. The minimum atomic E-state index is -0.423. The van der Waals surface area contributed by atoms with Crippen LogP contribution in [0.25, 0.3) is 0 Å². The largest absolute Gasteiger partial charge is 0.387 e. The third kappa shape index (κ3) is 4.14. The first-order valence-corrected chi connectivity index (χ1v) is 6.92. The van der Waals surface area contributed by atoms with E-state index >= 15 is 0 Å². The van der Waals surface area contributed by atoms with Gasteiger partial charge in [-0.3, -0.25) is 4.98 Å². The second kappa shape index (κ2) is 6.92. The number of aliphatic hydroxyl groups excluding tert-OH is 1. The molecule has 90 valence electrons. The van der Waals surface area contributed by atoms with Gasteiger partial charge in [0, 0.05) is 16.8 Å². The van der Waals surface area contributed by atoms with Gasteiger partial charge in [0.05, 0.1) is 11.8 Å². The molecule has 0 fully saturated rings. The summed E-state index contributed by atoms with van der Waals surface area (Å²) in [5, 5.41) is 9.61. The molecule has 0 aromatic carbocycles. The number of hydrogen-bond acceptors (Lipinski definition) is 3. The monoisotopic (exact) mass is 239 g/mol. The zero-order valence-electron chi connectivity index (χ0n) is 10.3. The fourth-order valence-electron chi connectivity index (χ4n) is 1.24. The van der Waals surface area contributed by atoms with Gasteiger partial charge in [-0.05, 0) is 24.5 Å². The molecule has 1 aromatic heterocycles. The summed E-state index contributed by atoms with van der Waals surface area (Å²) >= 11 is 1.84. The maximum Gasteiger partial charge on any atom is 0.0957 e. The highest BCUT2D eigenvalue weighted by molar-refractivity contribution is 7.99. The van der Waals surface area contributed by atoms with Gasteiger partial charge in [0.25, 0.3) is 0 Å². The molecule has 0 aliphatic heterocycles. The van der Waals surface area contributed by atoms with E-state index in [0.717, 1.165) is 17.4 Å². The van der Waals surface area contributed by atoms with Crippen molar-refractivity contribution in [3.63, 3.8) is 0 Å². The molecule has 1 unspecified atom stereocenters. The van der Waals surface area contributed by atoms with Crippen LogP contribution >= 0.6 is 11.8 Å². The van der Waals surface area contributed by atoms with Gasteiger partial charge in [-0.1, -0.05) is 27.2 Å². The highest BCUT2D eigenvalue weighted by Crippen LogP contribution is 2.22. The predicted octanol–water partition coefficient (Wildman–Crippen LogP) is 3.66. The Labute approximate surface area is 102 Å². The van der Waals surface area contributed by atoms with E-state index in [4.69, 9.17) is 0 Å². The molecular weight excluding hydrogens is 218 g/mol. The molecule has 2 atom stereocenters. The Kier molecular flexibility index (Phi) is 5.85. The van der Waals surface area contributed by atoms with Gasteiger partial charge in [-0.15, -0.1) is 11.8 Å². The summed E-state index contributed by atoms with van der Waals surface area (Å²) in [5.74, 6) is 1.87. The van der Waals surface area contributed by atoms with Gasteiger partial charge in [0.2, 0.25) is 0 Å². The van der Waals surface area contributed by atoms with Gasteiger partial charge >= 0.3 is 0 Å². The molecule has 16 heavy (non-hydrogen) atoms. The molecular formula is C13H21NOS. The Hall–Kier alpha value is -0.540. The van der Waals surface area contributed by atoms with Crippen molar-refractivity contribution in [1.82, 2.24) is 4.98 Å². The van der Waals surface area contributed by atoms with E-state index in [2.05, 4.69) is 18.8 Å². The SMILES string of the molecule is CCC(C)CSc1ccc([C@@H](O)CC)nc1. The zero-order chi connectivity index (χ0) is 12.0. The lowest BCUT2D eigenvalue weighted by molar-refractivity contribution is 0.169. The van der Waals surface area contributed by atoms with Crippen LogP contribution in [0.5, 0.6) is 0 Å². The molecule has 0 spiro atoms. The molecule has 1 aromatic rings. The van der Waals surface area contributed by atoms with Crippen molar-refractivity contribution < 1.29 is 5.11 Å². The molecule has 0 saturated heterocycles. The van der Waals surface area contributed by atoms with Gasteiger partial charge in [-0.2, -0.15) is 0 Å². The highest BCUT2D eigenvalue weighted by atomic mass is 32.2. The summed E-state index contributed by atoms with van der Waals surface area (Å²) in [6, 6.07) is 3.97. The smallest absolute Gasteiger partial charge is 0.0957 e. The number of aliphatic hydroxyl groups is 1. The van der Waals surface area contributed by atoms with Crippen LogP contribution in [0, 0.1) is 5.92 Å². The Morgan fingerprint density at radius 3 is 2.56 bits per heavy atom. The maximum absolute atomic E-state index is 9.61. The number of thioether (sulfide) groups is 1. The molecule has 3 heteroatoms. The molecule has 0 aliphatic carbocycles. The summed E-state index contributed by atoms with van der Waals surface area (Å²) in [6.45, 7) is 6.43. The van der Waals surface area contributed by atoms with E-state index in [-0.39, 0.29) is 0 Å². The van der Waals surface area contributed by atoms with Crippen molar-refractivity contribution >= 4 is 11.8 Å². The highest BCUT2D eigenvalue weighted by Gasteiger charge is 2.06. The van der Waals surface area contributed by atoms with E-state index in [9.17, 15) is 5.11 Å². The van der Waals surface area contributed by atoms with Crippen molar-refractivity contribution in [3.8, 4) is 0 Å². The molecule has 0 saturated carbocycles. The Morgan fingerprint density at radius 1 is 1.31 bits per heavy atom. The normalized spacial score (nSPS) is 14.8. The van der Waals surface area contributed by atoms with Crippen LogP contribution in [0.1, 0.15) is 45.4 Å². The van der Waals surface area contributed by atoms with Crippen LogP contribution in [0.15, 0.2) is 23.2 Å². The second-order valence-electron chi connectivity index (χ2n) is 4.17. The van der Waals surface area contributed by atoms with Gasteiger partial charge in [-0.25, -0.2) is 0 Å². The van der Waals surface area contributed by atoms with Crippen LogP contribution in [-0.4, -0.2) is 15.8 Å². The first kappa shape index (κ1) is 13.5. The van der Waals surface area contributed by atoms with Crippen molar-refractivity contribution in [1.29, 1.82) is 0 Å². The van der Waals surface area contributed by atoms with Crippen LogP contribution in [-0.2, 0) is 0 Å². The van der Waals surface area contributed by atoms with Crippen LogP contribution in [0.2, 0.25) is 0 Å². The Balaban J connectivity index is 2.51. The third-order valence-corrected chi connectivity index (χ3v) is 4.03. The fraction of sp³-hybridized carbons (Fsp3) is 0.615. The molecule has 2 nitrogen and oxygen atoms in total. The predicted molar refractivity (Wildman–Crippen MR) is 69.7 cm³/mol. The average Bonchev–Trinajstić information content (AvgIpc) is 2.35. The molecule has 0 bridgehead atoms. The van der Waals surface area contributed by atoms with Crippen molar-refractivity contribution in [2.45, 2.75) is 44.6 Å². The molecule has 1 rings (SSSR count). The van der Waals surface area contributed by atoms with Crippen LogP contribution < -0.4 is 0 Å². The molecule has 1 heterocycles. The average molecular weight is 239 g/mol. The summed E-state index contributed by atoms with van der Waals surface area (Å²) in [5.41, 5.74) is 0.774. The Morgan fingerprint density at radius 2 is 2.06 bits per heavy atom. The van der Waals surface area contributed by atoms with E-state index < -0.39 is 6.10 Å². The van der Waals surface area contributed by atoms with Gasteiger partial charge < -0.3 is 5.11 Å². The first-order valence-electron chi connectivity index (χ1n) is 5.94. The lowest BCUT2D eigenvalue weighted by Gasteiger charge is -2.09. The van der Waals surface area contributed by atoms with Crippen LogP contribution in [0.4, 0.5) is 0 Å². The van der Waals surface area contributed by atoms with Crippen molar-refractivity contribution in [2.75, 3.05) is 5.75 Å². The summed E-state index contributed by atoms with van der Waals surface area (Å²) in [7, 11) is 0. The van der Waals surface area contributed by atoms with Crippen molar-refractivity contribution in [2.24, 2.45) is 5.92 Å². The minimum Gasteiger partial charge on any atom is -0.387 e. The molecule has 0 amide bonds. The zero-order valence-corrected chi connectivity index (χ0v) is 11.1. The lowest BCUT2D eigenvalue weighted by atomic mass is 10.2. The van der Waals surface area contributed by atoms with E-state index in [1.54, 1.807) is 0 Å². The van der Waals surface area contributed by atoms with Crippen molar-refractivity contribution in [3.05, 3.63) is 24.0 Å². The third-order valence-electron chi connectivity index (χ3n) is 2.72. The topological polar surface area (TPSA) is 33.1 Å². The van der Waals surface area contributed by atoms with E-state index in [0.29, 0.717) is 6.42 Å². The summed E-state index contributed by atoms with van der Waals surface area (Å²) < 4.78 is 0. The molecule has 0 radical (unpaired) electrons. The first-order chi connectivity index (χ1) is 7.67. The number of rotatable bonds is 6. The van der Waals surface area contributed by atoms with Gasteiger partial charge in [0.15, 0.2) is 0 Å². The Bertz CT molecular complexity index is 299. The molecule has 1 N–H and O–H groups in total. The minimum absolute atomic E-state index is 0.423. The van der Waals surface area contributed by atoms with E-state index in [1.165, 1.54) is 11.3 Å². The number of hydrogen-bond donors (Lipinski definition) is 1. The second-order valence-corrected chi connectivity index (χ2v) is 5.26. The van der Waals surface area contributed by atoms with Crippen LogP contribution in [0.3, 0.4) is 0 Å². The number of nitrogens with zero attached hydrogens (tertiary/aromatic N) is 1. The maximum atomic E-state index is 9.61. The quantitative estimate of drug-likeness (QED) is 0.769. The lowest BCUT2D eigenvalue weighted by Crippen LogP contribution is -1.99.